The first-order valence-corrected chi connectivity index (χ1v) is 10.9. The van der Waals surface area contributed by atoms with E-state index in [9.17, 15) is 4.79 Å². The SMILES string of the molecule is Cc1ncc(OC[C@@]2(C3C=CC=CC3)C[C@H]2C(=O)Nc2cnc(Br)c(C)c2)c(C)n1. The Balaban J connectivity index is 1.51. The molecule has 0 aliphatic heterocycles. The first-order chi connectivity index (χ1) is 14.4. The lowest BCUT2D eigenvalue weighted by molar-refractivity contribution is -0.118. The van der Waals surface area contributed by atoms with Gasteiger partial charge in [-0.05, 0) is 67.1 Å². The van der Waals surface area contributed by atoms with E-state index < -0.39 is 0 Å². The number of hydrogen-bond acceptors (Lipinski definition) is 5. The van der Waals surface area contributed by atoms with Crippen LogP contribution in [0.4, 0.5) is 5.69 Å². The van der Waals surface area contributed by atoms with E-state index in [2.05, 4.69) is 60.5 Å². The number of amides is 1. The van der Waals surface area contributed by atoms with E-state index in [1.54, 1.807) is 12.4 Å². The van der Waals surface area contributed by atoms with Crippen molar-refractivity contribution < 1.29 is 9.53 Å². The molecule has 2 aromatic rings. The van der Waals surface area contributed by atoms with Gasteiger partial charge in [-0.1, -0.05) is 24.3 Å². The second kappa shape index (κ2) is 8.30. The summed E-state index contributed by atoms with van der Waals surface area (Å²) in [5, 5.41) is 3.04. The van der Waals surface area contributed by atoms with Crippen LogP contribution in [0.15, 0.2) is 47.4 Å². The molecule has 6 nitrogen and oxygen atoms in total. The predicted octanol–water partition coefficient (Wildman–Crippen LogP) is 4.72. The fourth-order valence-electron chi connectivity index (χ4n) is 4.14. The van der Waals surface area contributed by atoms with Crippen LogP contribution in [0.3, 0.4) is 0 Å². The zero-order chi connectivity index (χ0) is 21.3. The normalized spacial score (nSPS) is 24.5. The molecule has 2 aromatic heterocycles. The van der Waals surface area contributed by atoms with E-state index >= 15 is 0 Å². The highest BCUT2D eigenvalue weighted by Gasteiger charge is 2.62. The molecule has 30 heavy (non-hydrogen) atoms. The third kappa shape index (κ3) is 4.17. The monoisotopic (exact) mass is 468 g/mol. The Kier molecular flexibility index (Phi) is 5.73. The van der Waals surface area contributed by atoms with Crippen molar-refractivity contribution in [2.45, 2.75) is 33.6 Å². The lowest BCUT2D eigenvalue weighted by Crippen LogP contribution is -2.29. The zero-order valence-electron chi connectivity index (χ0n) is 17.4. The second-order valence-corrected chi connectivity index (χ2v) is 8.87. The number of halogens is 1. The smallest absolute Gasteiger partial charge is 0.228 e. The molecule has 2 aliphatic carbocycles. The highest BCUT2D eigenvalue weighted by molar-refractivity contribution is 9.10. The van der Waals surface area contributed by atoms with E-state index in [1.807, 2.05) is 26.8 Å². The summed E-state index contributed by atoms with van der Waals surface area (Å²) in [5.41, 5.74) is 2.27. The standard InChI is InChI=1S/C23H25BrN4O2/c1-14-9-18(11-26-21(14)24)28-22(29)19-10-23(19,17-7-5-4-6-8-17)13-30-20-12-25-16(3)27-15(20)2/h4-7,9,11-12,17,19H,8,10,13H2,1-3H3,(H,28,29)/t17?,19-,23+/m0/s1. The van der Waals surface area contributed by atoms with E-state index in [0.717, 1.165) is 34.5 Å². The van der Waals surface area contributed by atoms with Crippen molar-refractivity contribution in [3.05, 3.63) is 64.4 Å². The number of allylic oxidation sites excluding steroid dienone is 4. The number of anilines is 1. The number of pyridine rings is 1. The highest BCUT2D eigenvalue weighted by Crippen LogP contribution is 2.60. The van der Waals surface area contributed by atoms with Gasteiger partial charge in [0.1, 0.15) is 10.4 Å². The molecule has 0 bridgehead atoms. The maximum atomic E-state index is 13.1. The van der Waals surface area contributed by atoms with Crippen LogP contribution in [0.1, 0.15) is 29.9 Å². The van der Waals surface area contributed by atoms with E-state index in [4.69, 9.17) is 4.74 Å². The van der Waals surface area contributed by atoms with Gasteiger partial charge in [-0.2, -0.15) is 0 Å². The minimum Gasteiger partial charge on any atom is -0.489 e. The van der Waals surface area contributed by atoms with Crippen LogP contribution in [0.5, 0.6) is 5.75 Å². The van der Waals surface area contributed by atoms with Crippen LogP contribution in [-0.2, 0) is 4.79 Å². The predicted molar refractivity (Wildman–Crippen MR) is 119 cm³/mol. The molecule has 1 saturated carbocycles. The summed E-state index contributed by atoms with van der Waals surface area (Å²) in [6, 6.07) is 1.92. The molecule has 2 heterocycles. The quantitative estimate of drug-likeness (QED) is 0.620. The zero-order valence-corrected chi connectivity index (χ0v) is 18.9. The Morgan fingerprint density at radius 3 is 2.80 bits per heavy atom. The van der Waals surface area contributed by atoms with Gasteiger partial charge in [0.05, 0.1) is 30.4 Å². The Hall–Kier alpha value is -2.54. The number of hydrogen-bond donors (Lipinski definition) is 1. The molecule has 3 atom stereocenters. The van der Waals surface area contributed by atoms with Crippen molar-refractivity contribution in [2.24, 2.45) is 17.3 Å². The van der Waals surface area contributed by atoms with Crippen LogP contribution in [0.2, 0.25) is 0 Å². The van der Waals surface area contributed by atoms with Crippen molar-refractivity contribution in [1.29, 1.82) is 0 Å². The largest absolute Gasteiger partial charge is 0.489 e. The average Bonchev–Trinajstić information content (AvgIpc) is 3.47. The van der Waals surface area contributed by atoms with Crippen LogP contribution >= 0.6 is 15.9 Å². The Morgan fingerprint density at radius 1 is 1.27 bits per heavy atom. The summed E-state index contributed by atoms with van der Waals surface area (Å²) >= 11 is 3.40. The lowest BCUT2D eigenvalue weighted by Gasteiger charge is -2.26. The Bertz CT molecular complexity index is 1040. The minimum absolute atomic E-state index is 0.0157. The third-order valence-electron chi connectivity index (χ3n) is 5.99. The molecule has 1 amide bonds. The van der Waals surface area contributed by atoms with Gasteiger partial charge in [-0.25, -0.2) is 15.0 Å². The molecule has 2 aliphatic rings. The molecular weight excluding hydrogens is 444 g/mol. The van der Waals surface area contributed by atoms with Gasteiger partial charge in [0.25, 0.3) is 0 Å². The molecule has 1 N–H and O–H groups in total. The van der Waals surface area contributed by atoms with Crippen molar-refractivity contribution in [2.75, 3.05) is 11.9 Å². The van der Waals surface area contributed by atoms with Crippen LogP contribution in [0, 0.1) is 38.0 Å². The Morgan fingerprint density at radius 2 is 2.10 bits per heavy atom. The van der Waals surface area contributed by atoms with E-state index in [-0.39, 0.29) is 23.2 Å². The average molecular weight is 469 g/mol. The molecule has 7 heteroatoms. The van der Waals surface area contributed by atoms with Gasteiger partial charge in [-0.3, -0.25) is 4.79 Å². The lowest BCUT2D eigenvalue weighted by atomic mass is 9.82. The second-order valence-electron chi connectivity index (χ2n) is 8.12. The molecule has 1 unspecified atom stereocenters. The summed E-state index contributed by atoms with van der Waals surface area (Å²) in [7, 11) is 0. The number of rotatable bonds is 6. The number of ether oxygens (including phenoxy) is 1. The number of aromatic nitrogens is 3. The molecule has 0 radical (unpaired) electrons. The molecule has 156 valence electrons. The summed E-state index contributed by atoms with van der Waals surface area (Å²) in [5.74, 6) is 1.55. The molecule has 4 rings (SSSR count). The molecule has 0 spiro atoms. The van der Waals surface area contributed by atoms with Crippen LogP contribution in [0.25, 0.3) is 0 Å². The number of carbonyl (C=O) groups excluding carboxylic acids is 1. The maximum Gasteiger partial charge on any atom is 0.228 e. The fourth-order valence-corrected chi connectivity index (χ4v) is 4.36. The number of aryl methyl sites for hydroxylation is 3. The Labute approximate surface area is 185 Å². The maximum absolute atomic E-state index is 13.1. The first-order valence-electron chi connectivity index (χ1n) is 10.1. The number of nitrogens with zero attached hydrogens (tertiary/aromatic N) is 3. The molecule has 1 fully saturated rings. The van der Waals surface area contributed by atoms with E-state index in [0.29, 0.717) is 18.0 Å². The van der Waals surface area contributed by atoms with Gasteiger partial charge in [0.15, 0.2) is 5.75 Å². The van der Waals surface area contributed by atoms with Crippen LogP contribution < -0.4 is 10.1 Å². The minimum atomic E-state index is -0.236. The van der Waals surface area contributed by atoms with Crippen molar-refractivity contribution in [3.8, 4) is 5.75 Å². The molecule has 0 aromatic carbocycles. The van der Waals surface area contributed by atoms with Gasteiger partial charge >= 0.3 is 0 Å². The third-order valence-corrected chi connectivity index (χ3v) is 6.82. The van der Waals surface area contributed by atoms with Gasteiger partial charge < -0.3 is 10.1 Å². The molecule has 0 saturated heterocycles. The van der Waals surface area contributed by atoms with Crippen LogP contribution in [-0.4, -0.2) is 27.5 Å². The van der Waals surface area contributed by atoms with E-state index in [1.165, 1.54) is 0 Å². The highest BCUT2D eigenvalue weighted by atomic mass is 79.9. The first kappa shape index (κ1) is 20.7. The fraction of sp³-hybridized carbons (Fsp3) is 0.391. The number of nitrogens with one attached hydrogen (secondary N) is 1. The molecular formula is C23H25BrN4O2. The summed E-state index contributed by atoms with van der Waals surface area (Å²) in [6.07, 6.45) is 13.6. The number of carbonyl (C=O) groups is 1. The van der Waals surface area contributed by atoms with Crippen molar-refractivity contribution in [3.63, 3.8) is 0 Å². The van der Waals surface area contributed by atoms with Gasteiger partial charge in [0.2, 0.25) is 5.91 Å². The summed E-state index contributed by atoms with van der Waals surface area (Å²) < 4.78 is 6.94. The van der Waals surface area contributed by atoms with Crippen molar-refractivity contribution >= 4 is 27.5 Å². The topological polar surface area (TPSA) is 77.0 Å². The van der Waals surface area contributed by atoms with Gasteiger partial charge in [0, 0.05) is 11.3 Å². The summed E-state index contributed by atoms with van der Waals surface area (Å²) in [6.45, 7) is 6.18. The summed E-state index contributed by atoms with van der Waals surface area (Å²) in [4.78, 5) is 26.0. The van der Waals surface area contributed by atoms with Gasteiger partial charge in [-0.15, -0.1) is 0 Å². The van der Waals surface area contributed by atoms with Crippen molar-refractivity contribution in [1.82, 2.24) is 15.0 Å².